The van der Waals surface area contributed by atoms with Crippen molar-refractivity contribution in [2.45, 2.75) is 17.9 Å². The first-order valence-corrected chi connectivity index (χ1v) is 7.71. The van der Waals surface area contributed by atoms with Crippen LogP contribution in [0.3, 0.4) is 0 Å². The molecule has 0 spiro atoms. The molecule has 0 aromatic carbocycles. The Kier molecular flexibility index (Phi) is 4.46. The van der Waals surface area contributed by atoms with Gasteiger partial charge in [-0.3, -0.25) is 0 Å². The summed E-state index contributed by atoms with van der Waals surface area (Å²) in [5, 5.41) is 8.43. The number of carboxylic acid groups (broad SMARTS) is 1. The Morgan fingerprint density at radius 1 is 1.45 bits per heavy atom. The van der Waals surface area contributed by atoms with Crippen LogP contribution in [0.5, 0.6) is 0 Å². The molecule has 0 bridgehead atoms. The molecule has 0 radical (unpaired) electrons. The SMILES string of the molecule is COCC1CCN(S(=O)(=O)c2ccc(C(=O)O)o2)CC1. The molecule has 0 saturated carbocycles. The van der Waals surface area contributed by atoms with Crippen LogP contribution in [0.1, 0.15) is 23.4 Å². The van der Waals surface area contributed by atoms with Gasteiger partial charge in [0.2, 0.25) is 10.9 Å². The molecule has 1 aliphatic rings. The Morgan fingerprint density at radius 2 is 2.10 bits per heavy atom. The number of hydrogen-bond donors (Lipinski definition) is 1. The number of hydrogen-bond acceptors (Lipinski definition) is 5. The predicted molar refractivity (Wildman–Crippen MR) is 69.0 cm³/mol. The van der Waals surface area contributed by atoms with Crippen LogP contribution in [0.25, 0.3) is 0 Å². The summed E-state index contributed by atoms with van der Waals surface area (Å²) < 4.78 is 35.9. The molecule has 1 aromatic heterocycles. The average molecular weight is 303 g/mol. The molecule has 0 atom stereocenters. The second kappa shape index (κ2) is 5.94. The smallest absolute Gasteiger partial charge is 0.371 e. The van der Waals surface area contributed by atoms with E-state index >= 15 is 0 Å². The zero-order chi connectivity index (χ0) is 14.8. The van der Waals surface area contributed by atoms with E-state index in [1.807, 2.05) is 0 Å². The summed E-state index contributed by atoms with van der Waals surface area (Å²) in [6.45, 7) is 1.40. The predicted octanol–water partition coefficient (Wildman–Crippen LogP) is 1.02. The average Bonchev–Trinajstić information content (AvgIpc) is 2.90. The van der Waals surface area contributed by atoms with Gasteiger partial charge in [0, 0.05) is 26.8 Å². The van der Waals surface area contributed by atoms with Gasteiger partial charge in [0.1, 0.15) is 0 Å². The largest absolute Gasteiger partial charge is 0.475 e. The van der Waals surface area contributed by atoms with Crippen LogP contribution in [0.2, 0.25) is 0 Å². The standard InChI is InChI=1S/C12H17NO6S/c1-18-8-9-4-6-13(7-5-9)20(16,17)11-3-2-10(19-11)12(14)15/h2-3,9H,4-8H2,1H3,(H,14,15). The van der Waals surface area contributed by atoms with Gasteiger partial charge in [0.25, 0.3) is 10.0 Å². The second-order valence-corrected chi connectivity index (χ2v) is 6.60. The maximum atomic E-state index is 12.3. The maximum Gasteiger partial charge on any atom is 0.371 e. The minimum Gasteiger partial charge on any atom is -0.475 e. The summed E-state index contributed by atoms with van der Waals surface area (Å²) in [7, 11) is -2.13. The first-order valence-electron chi connectivity index (χ1n) is 6.27. The van der Waals surface area contributed by atoms with E-state index in [9.17, 15) is 13.2 Å². The fourth-order valence-electron chi connectivity index (χ4n) is 2.25. The number of aromatic carboxylic acids is 1. The number of methoxy groups -OCH3 is 1. The van der Waals surface area contributed by atoms with Crippen molar-refractivity contribution >= 4 is 16.0 Å². The van der Waals surface area contributed by atoms with Gasteiger partial charge in [0.15, 0.2) is 0 Å². The summed E-state index contributed by atoms with van der Waals surface area (Å²) in [4.78, 5) is 10.7. The third kappa shape index (κ3) is 3.02. The van der Waals surface area contributed by atoms with Crippen molar-refractivity contribution in [2.75, 3.05) is 26.8 Å². The van der Waals surface area contributed by atoms with Crippen molar-refractivity contribution < 1.29 is 27.5 Å². The highest BCUT2D eigenvalue weighted by Gasteiger charge is 2.32. The lowest BCUT2D eigenvalue weighted by Crippen LogP contribution is -2.39. The van der Waals surface area contributed by atoms with E-state index < -0.39 is 16.0 Å². The number of furan rings is 1. The Hall–Kier alpha value is -1.38. The number of nitrogens with zero attached hydrogens (tertiary/aromatic N) is 1. The molecular formula is C12H17NO6S. The molecule has 20 heavy (non-hydrogen) atoms. The van der Waals surface area contributed by atoms with E-state index in [-0.39, 0.29) is 10.9 Å². The molecule has 2 rings (SSSR count). The van der Waals surface area contributed by atoms with Crippen molar-refractivity contribution in [3.63, 3.8) is 0 Å². The zero-order valence-electron chi connectivity index (χ0n) is 11.1. The topological polar surface area (TPSA) is 97.0 Å². The molecule has 0 aliphatic carbocycles. The van der Waals surface area contributed by atoms with Gasteiger partial charge in [-0.15, -0.1) is 0 Å². The highest BCUT2D eigenvalue weighted by atomic mass is 32.2. The Balaban J connectivity index is 2.09. The highest BCUT2D eigenvalue weighted by molar-refractivity contribution is 7.89. The molecule has 1 fully saturated rings. The molecule has 7 nitrogen and oxygen atoms in total. The molecule has 1 saturated heterocycles. The van der Waals surface area contributed by atoms with Crippen LogP contribution in [0.4, 0.5) is 0 Å². The molecule has 1 aliphatic heterocycles. The van der Waals surface area contributed by atoms with Crippen molar-refractivity contribution in [2.24, 2.45) is 5.92 Å². The van der Waals surface area contributed by atoms with Gasteiger partial charge in [-0.1, -0.05) is 0 Å². The molecule has 2 heterocycles. The lowest BCUT2D eigenvalue weighted by molar-refractivity contribution is 0.0656. The van der Waals surface area contributed by atoms with Crippen molar-refractivity contribution in [1.82, 2.24) is 4.31 Å². The summed E-state index contributed by atoms with van der Waals surface area (Å²) in [6, 6.07) is 2.33. The van der Waals surface area contributed by atoms with Gasteiger partial charge >= 0.3 is 5.97 Å². The van der Waals surface area contributed by atoms with E-state index in [0.29, 0.717) is 25.6 Å². The number of carbonyl (C=O) groups is 1. The summed E-state index contributed by atoms with van der Waals surface area (Å²) in [5.41, 5.74) is 0. The van der Waals surface area contributed by atoms with E-state index in [1.54, 1.807) is 7.11 Å². The zero-order valence-corrected chi connectivity index (χ0v) is 11.9. The van der Waals surface area contributed by atoms with Crippen molar-refractivity contribution in [3.05, 3.63) is 17.9 Å². The fourth-order valence-corrected chi connectivity index (χ4v) is 3.63. The Labute approximate surface area is 117 Å². The number of ether oxygens (including phenoxy) is 1. The second-order valence-electron chi connectivity index (χ2n) is 4.73. The molecule has 1 N–H and O–H groups in total. The molecule has 112 valence electrons. The first-order chi connectivity index (χ1) is 9.45. The minimum atomic E-state index is -3.75. The van der Waals surface area contributed by atoms with E-state index in [1.165, 1.54) is 10.4 Å². The van der Waals surface area contributed by atoms with Gasteiger partial charge in [-0.2, -0.15) is 4.31 Å². The third-order valence-electron chi connectivity index (χ3n) is 3.36. The van der Waals surface area contributed by atoms with Crippen LogP contribution in [-0.2, 0) is 14.8 Å². The summed E-state index contributed by atoms with van der Waals surface area (Å²) in [6.07, 6.45) is 1.44. The summed E-state index contributed by atoms with van der Waals surface area (Å²) in [5.74, 6) is -1.30. The normalized spacial score (nSPS) is 18.2. The summed E-state index contributed by atoms with van der Waals surface area (Å²) >= 11 is 0. The van der Waals surface area contributed by atoms with Gasteiger partial charge in [-0.25, -0.2) is 13.2 Å². The molecule has 1 aromatic rings. The third-order valence-corrected chi connectivity index (χ3v) is 5.14. The Bertz CT molecular complexity index is 571. The van der Waals surface area contributed by atoms with Gasteiger partial charge in [0.05, 0.1) is 0 Å². The number of sulfonamides is 1. The molecule has 0 unspecified atom stereocenters. The van der Waals surface area contributed by atoms with Crippen LogP contribution >= 0.6 is 0 Å². The number of piperidine rings is 1. The highest BCUT2D eigenvalue weighted by Crippen LogP contribution is 2.25. The van der Waals surface area contributed by atoms with Crippen LogP contribution < -0.4 is 0 Å². The van der Waals surface area contributed by atoms with Gasteiger partial charge in [-0.05, 0) is 30.9 Å². The van der Waals surface area contributed by atoms with Crippen LogP contribution in [-0.4, -0.2) is 50.6 Å². The lowest BCUT2D eigenvalue weighted by Gasteiger charge is -2.29. The lowest BCUT2D eigenvalue weighted by atomic mass is 9.99. The monoisotopic (exact) mass is 303 g/mol. The van der Waals surface area contributed by atoms with Crippen LogP contribution in [0.15, 0.2) is 21.6 Å². The maximum absolute atomic E-state index is 12.3. The van der Waals surface area contributed by atoms with Crippen LogP contribution in [0, 0.1) is 5.92 Å². The fraction of sp³-hybridized carbons (Fsp3) is 0.583. The number of carboxylic acids is 1. The van der Waals surface area contributed by atoms with E-state index in [0.717, 1.165) is 18.9 Å². The Morgan fingerprint density at radius 3 is 2.60 bits per heavy atom. The van der Waals surface area contributed by atoms with Gasteiger partial charge < -0.3 is 14.3 Å². The number of rotatable bonds is 5. The van der Waals surface area contributed by atoms with Crippen molar-refractivity contribution in [3.8, 4) is 0 Å². The molecular weight excluding hydrogens is 286 g/mol. The van der Waals surface area contributed by atoms with E-state index in [2.05, 4.69) is 0 Å². The van der Waals surface area contributed by atoms with E-state index in [4.69, 9.17) is 14.3 Å². The minimum absolute atomic E-state index is 0.319. The molecule has 8 heteroatoms. The quantitative estimate of drug-likeness (QED) is 0.872. The first kappa shape index (κ1) is 15.0. The molecule has 0 amide bonds. The van der Waals surface area contributed by atoms with Crippen molar-refractivity contribution in [1.29, 1.82) is 0 Å².